The van der Waals surface area contributed by atoms with Gasteiger partial charge in [-0.3, -0.25) is 9.05 Å². The Morgan fingerprint density at radius 1 is 1.20 bits per heavy atom. The molecule has 0 unspecified atom stereocenters. The zero-order chi connectivity index (χ0) is 18.3. The summed E-state index contributed by atoms with van der Waals surface area (Å²) >= 11 is 6.41. The lowest BCUT2D eigenvalue weighted by molar-refractivity contribution is 0.215. The van der Waals surface area contributed by atoms with Crippen LogP contribution in [0.4, 0.5) is 0 Å². The number of hydrogen-bond acceptors (Lipinski definition) is 8. The van der Waals surface area contributed by atoms with Gasteiger partial charge in [0, 0.05) is 11.8 Å². The number of aryl methyl sites for hydroxylation is 1. The van der Waals surface area contributed by atoms with Gasteiger partial charge in [-0.25, -0.2) is 0 Å². The van der Waals surface area contributed by atoms with Gasteiger partial charge in [0.2, 0.25) is 0 Å². The van der Waals surface area contributed by atoms with Crippen LogP contribution in [-0.2, 0) is 27.5 Å². The van der Waals surface area contributed by atoms with Crippen molar-refractivity contribution in [2.24, 2.45) is 0 Å². The molecule has 134 valence electrons. The van der Waals surface area contributed by atoms with E-state index in [1.165, 1.54) is 5.56 Å². The predicted molar refractivity (Wildman–Crippen MR) is 101 cm³/mol. The molecule has 0 fully saturated rings. The third kappa shape index (κ3) is 5.77. The average molecular weight is 398 g/mol. The highest BCUT2D eigenvalue weighted by atomic mass is 32.5. The van der Waals surface area contributed by atoms with E-state index in [0.717, 1.165) is 16.9 Å². The van der Waals surface area contributed by atoms with E-state index in [0.29, 0.717) is 25.0 Å². The Bertz CT molecular complexity index is 776. The van der Waals surface area contributed by atoms with Crippen LogP contribution < -0.4 is 9.26 Å². The largest absolute Gasteiger partial charge is 0.465 e. The fourth-order valence-corrected chi connectivity index (χ4v) is 4.53. The number of hydrogen-bond donors (Lipinski definition) is 0. The first-order valence-corrected chi connectivity index (χ1v) is 11.0. The van der Waals surface area contributed by atoms with Gasteiger partial charge in [-0.1, -0.05) is 41.2 Å². The Hall–Kier alpha value is -1.49. The Balaban J connectivity index is 2.11. The van der Waals surface area contributed by atoms with Crippen LogP contribution in [0.3, 0.4) is 0 Å². The molecule has 0 atom stereocenters. The van der Waals surface area contributed by atoms with Crippen LogP contribution in [-0.4, -0.2) is 18.2 Å². The zero-order valence-electron chi connectivity index (χ0n) is 14.2. The third-order valence-corrected chi connectivity index (χ3v) is 6.19. The highest BCUT2D eigenvalue weighted by Gasteiger charge is 2.26. The number of nitriles is 1. The van der Waals surface area contributed by atoms with Gasteiger partial charge in [-0.05, 0) is 26.3 Å². The van der Waals surface area contributed by atoms with E-state index in [-0.39, 0.29) is 10.8 Å². The molecule has 1 aromatic heterocycles. The Kier molecular flexibility index (Phi) is 7.36. The van der Waals surface area contributed by atoms with Crippen LogP contribution in [0, 0.1) is 18.3 Å². The summed E-state index contributed by atoms with van der Waals surface area (Å²) in [5.41, 5.74) is 2.19. The van der Waals surface area contributed by atoms with Crippen LogP contribution in [0.5, 0.6) is 11.1 Å². The quantitative estimate of drug-likeness (QED) is 0.573. The van der Waals surface area contributed by atoms with Crippen LogP contribution >= 0.6 is 18.1 Å². The van der Waals surface area contributed by atoms with Gasteiger partial charge in [-0.15, -0.1) is 0 Å². The zero-order valence-corrected chi connectivity index (χ0v) is 16.7. The molecular formula is C16H19N2O4PS2. The molecule has 0 spiro atoms. The van der Waals surface area contributed by atoms with E-state index >= 15 is 0 Å². The summed E-state index contributed by atoms with van der Waals surface area (Å²) in [6, 6.07) is 10.0. The summed E-state index contributed by atoms with van der Waals surface area (Å²) in [6.07, 6.45) is 0. The van der Waals surface area contributed by atoms with Crippen LogP contribution in [0.15, 0.2) is 24.3 Å². The minimum atomic E-state index is -2.98. The number of ether oxygens (including phenoxy) is 1. The molecule has 0 radical (unpaired) electrons. The highest BCUT2D eigenvalue weighted by Crippen LogP contribution is 2.51. The van der Waals surface area contributed by atoms with Crippen molar-refractivity contribution >= 4 is 29.9 Å². The van der Waals surface area contributed by atoms with Gasteiger partial charge >= 0.3 is 6.72 Å². The molecular weight excluding hydrogens is 379 g/mol. The maximum Gasteiger partial charge on any atom is 0.381 e. The number of aromatic nitrogens is 1. The van der Waals surface area contributed by atoms with Gasteiger partial charge < -0.3 is 9.26 Å². The summed E-state index contributed by atoms with van der Waals surface area (Å²) in [4.78, 5) is 4.49. The second-order valence-electron chi connectivity index (χ2n) is 4.87. The molecule has 0 aliphatic heterocycles. The molecule has 2 rings (SSSR count). The van der Waals surface area contributed by atoms with E-state index in [1.54, 1.807) is 13.8 Å². The van der Waals surface area contributed by atoms with Gasteiger partial charge in [0.25, 0.3) is 11.1 Å². The standard InChI is InChI=1S/C16H19N2O4PS2/c1-4-20-23(24,21-5-2)22-15-14(10-17)25-16(18-15)19-11-13-8-6-12(3)7-9-13/h6-9H,4-5,11H2,1-3H3. The monoisotopic (exact) mass is 398 g/mol. The lowest BCUT2D eigenvalue weighted by atomic mass is 10.2. The number of thiazole rings is 1. The van der Waals surface area contributed by atoms with Crippen LogP contribution in [0.1, 0.15) is 29.9 Å². The first-order valence-electron chi connectivity index (χ1n) is 7.67. The fourth-order valence-electron chi connectivity index (χ4n) is 1.82. The normalized spacial score (nSPS) is 11.1. The summed E-state index contributed by atoms with van der Waals surface area (Å²) in [5, 5.41) is 9.62. The average Bonchev–Trinajstić information content (AvgIpc) is 2.96. The van der Waals surface area contributed by atoms with Crippen LogP contribution in [0.2, 0.25) is 0 Å². The molecule has 1 aromatic carbocycles. The molecule has 9 heteroatoms. The summed E-state index contributed by atoms with van der Waals surface area (Å²) < 4.78 is 22.1. The third-order valence-electron chi connectivity index (χ3n) is 2.93. The first kappa shape index (κ1) is 19.8. The molecule has 0 N–H and O–H groups in total. The molecule has 1 heterocycles. The van der Waals surface area contributed by atoms with Crippen molar-refractivity contribution in [1.82, 2.24) is 4.98 Å². The van der Waals surface area contributed by atoms with Gasteiger partial charge in [0.15, 0.2) is 4.88 Å². The Morgan fingerprint density at radius 2 is 1.84 bits per heavy atom. The van der Waals surface area contributed by atoms with Crippen molar-refractivity contribution in [2.45, 2.75) is 27.4 Å². The summed E-state index contributed by atoms with van der Waals surface area (Å²) in [5.74, 6) is 0.0941. The smallest absolute Gasteiger partial charge is 0.381 e. The second kappa shape index (κ2) is 9.27. The first-order chi connectivity index (χ1) is 12.0. The van der Waals surface area contributed by atoms with Gasteiger partial charge in [0.1, 0.15) is 12.7 Å². The maximum absolute atomic E-state index is 9.29. The van der Waals surface area contributed by atoms with Crippen molar-refractivity contribution in [3.8, 4) is 17.1 Å². The Labute approximate surface area is 156 Å². The van der Waals surface area contributed by atoms with Crippen molar-refractivity contribution in [3.05, 3.63) is 40.3 Å². The Morgan fingerprint density at radius 3 is 2.40 bits per heavy atom. The van der Waals surface area contributed by atoms with Crippen molar-refractivity contribution in [3.63, 3.8) is 0 Å². The van der Waals surface area contributed by atoms with E-state index in [9.17, 15) is 5.26 Å². The molecule has 0 aliphatic carbocycles. The number of benzene rings is 1. The minimum Gasteiger partial charge on any atom is -0.465 e. The highest BCUT2D eigenvalue weighted by molar-refractivity contribution is 8.07. The molecule has 0 bridgehead atoms. The second-order valence-corrected chi connectivity index (χ2v) is 8.77. The van der Waals surface area contributed by atoms with Crippen molar-refractivity contribution in [1.29, 1.82) is 5.26 Å². The van der Waals surface area contributed by atoms with E-state index < -0.39 is 6.72 Å². The molecule has 0 saturated heterocycles. The lowest BCUT2D eigenvalue weighted by Crippen LogP contribution is -2.03. The molecule has 0 amide bonds. The number of rotatable bonds is 9. The molecule has 0 aliphatic rings. The molecule has 0 saturated carbocycles. The summed E-state index contributed by atoms with van der Waals surface area (Å²) in [7, 11) is 0. The molecule has 2 aromatic rings. The van der Waals surface area contributed by atoms with E-state index in [1.807, 2.05) is 37.3 Å². The van der Waals surface area contributed by atoms with Gasteiger partial charge in [0.05, 0.1) is 13.2 Å². The maximum atomic E-state index is 9.29. The molecule has 6 nitrogen and oxygen atoms in total. The summed E-state index contributed by atoms with van der Waals surface area (Å²) in [6.45, 7) is 3.68. The van der Waals surface area contributed by atoms with E-state index in [4.69, 9.17) is 30.1 Å². The fraction of sp³-hybridized carbons (Fsp3) is 0.375. The van der Waals surface area contributed by atoms with E-state index in [2.05, 4.69) is 4.98 Å². The lowest BCUT2D eigenvalue weighted by Gasteiger charge is -2.19. The van der Waals surface area contributed by atoms with Crippen molar-refractivity contribution < 1.29 is 18.3 Å². The van der Waals surface area contributed by atoms with Gasteiger partial charge in [-0.2, -0.15) is 10.2 Å². The molecule has 25 heavy (non-hydrogen) atoms. The topological polar surface area (TPSA) is 73.6 Å². The minimum absolute atomic E-state index is 0.0941. The van der Waals surface area contributed by atoms with Crippen LogP contribution in [0.25, 0.3) is 0 Å². The van der Waals surface area contributed by atoms with Crippen molar-refractivity contribution in [2.75, 3.05) is 13.2 Å². The predicted octanol–water partition coefficient (Wildman–Crippen LogP) is 4.58. The SMILES string of the molecule is CCOP(=S)(OCC)Oc1nc(OCc2ccc(C)cc2)sc1C#N. The number of nitrogens with zero attached hydrogens (tertiary/aromatic N) is 2.